The van der Waals surface area contributed by atoms with Crippen molar-refractivity contribution in [1.29, 1.82) is 0 Å². The molecular formula is C17H19ClN2O3S. The van der Waals surface area contributed by atoms with Crippen molar-refractivity contribution in [3.8, 4) is 5.75 Å². The molecule has 0 saturated carbocycles. The summed E-state index contributed by atoms with van der Waals surface area (Å²) in [5.74, 6) is 0.242. The molecule has 2 amide bonds. The number of amides is 2. The molecule has 0 saturated heterocycles. The Morgan fingerprint density at radius 1 is 1.33 bits per heavy atom. The van der Waals surface area contributed by atoms with Gasteiger partial charge in [-0.3, -0.25) is 9.59 Å². The fraction of sp³-hybridized carbons (Fsp3) is 0.294. The van der Waals surface area contributed by atoms with Crippen molar-refractivity contribution in [2.24, 2.45) is 0 Å². The van der Waals surface area contributed by atoms with Gasteiger partial charge in [0.2, 0.25) is 5.91 Å². The zero-order chi connectivity index (χ0) is 17.5. The monoisotopic (exact) mass is 366 g/mol. The summed E-state index contributed by atoms with van der Waals surface area (Å²) >= 11 is 7.22. The quantitative estimate of drug-likeness (QED) is 0.819. The fourth-order valence-corrected chi connectivity index (χ4v) is 2.84. The third-order valence-corrected chi connectivity index (χ3v) is 4.43. The van der Waals surface area contributed by atoms with Crippen LogP contribution in [0.2, 0.25) is 5.02 Å². The van der Waals surface area contributed by atoms with Crippen LogP contribution in [-0.4, -0.2) is 43.0 Å². The highest BCUT2D eigenvalue weighted by molar-refractivity contribution is 7.12. The highest BCUT2D eigenvalue weighted by Gasteiger charge is 2.20. The van der Waals surface area contributed by atoms with E-state index in [9.17, 15) is 9.59 Å². The predicted octanol–water partition coefficient (Wildman–Crippen LogP) is 3.06. The number of nitrogens with zero attached hydrogens (tertiary/aromatic N) is 1. The van der Waals surface area contributed by atoms with Gasteiger partial charge >= 0.3 is 0 Å². The van der Waals surface area contributed by atoms with Crippen LogP contribution in [-0.2, 0) is 4.79 Å². The van der Waals surface area contributed by atoms with Gasteiger partial charge in [-0.15, -0.1) is 11.3 Å². The molecular weight excluding hydrogens is 348 g/mol. The molecule has 1 aromatic heterocycles. The molecule has 1 heterocycles. The molecule has 2 rings (SSSR count). The van der Waals surface area contributed by atoms with Gasteiger partial charge in [0.05, 0.1) is 11.4 Å². The number of likely N-dealkylation sites (N-methyl/N-ethyl adjacent to an activating group) is 1. The van der Waals surface area contributed by atoms with Gasteiger partial charge in [0.1, 0.15) is 18.4 Å². The lowest BCUT2D eigenvalue weighted by Crippen LogP contribution is -2.46. The lowest BCUT2D eigenvalue weighted by atomic mass is 10.2. The lowest BCUT2D eigenvalue weighted by Gasteiger charge is -2.22. The Hall–Kier alpha value is -2.05. The number of carbonyl (C=O) groups excluding carboxylic acids is 2. The van der Waals surface area contributed by atoms with Crippen LogP contribution in [0.4, 0.5) is 0 Å². The minimum absolute atomic E-state index is 0.172. The van der Waals surface area contributed by atoms with E-state index in [1.165, 1.54) is 16.2 Å². The second-order valence-corrected chi connectivity index (χ2v) is 6.62. The van der Waals surface area contributed by atoms with E-state index in [-0.39, 0.29) is 11.8 Å². The molecule has 1 N–H and O–H groups in total. The summed E-state index contributed by atoms with van der Waals surface area (Å²) in [5, 5.41) is 5.12. The molecule has 1 aromatic carbocycles. The van der Waals surface area contributed by atoms with Gasteiger partial charge in [0.15, 0.2) is 0 Å². The molecule has 0 bridgehead atoms. The maximum Gasteiger partial charge on any atom is 0.261 e. The molecule has 24 heavy (non-hydrogen) atoms. The highest BCUT2D eigenvalue weighted by Crippen LogP contribution is 2.16. The van der Waals surface area contributed by atoms with E-state index in [2.05, 4.69) is 5.32 Å². The lowest BCUT2D eigenvalue weighted by molar-refractivity contribution is -0.131. The van der Waals surface area contributed by atoms with E-state index in [0.717, 1.165) is 0 Å². The van der Waals surface area contributed by atoms with Crippen molar-refractivity contribution in [3.05, 3.63) is 51.7 Å². The zero-order valence-electron chi connectivity index (χ0n) is 13.5. The van der Waals surface area contributed by atoms with Crippen LogP contribution in [0.3, 0.4) is 0 Å². The van der Waals surface area contributed by atoms with Crippen molar-refractivity contribution in [3.63, 3.8) is 0 Å². The predicted molar refractivity (Wildman–Crippen MR) is 95.8 cm³/mol. The molecule has 0 aliphatic heterocycles. The average molecular weight is 367 g/mol. The van der Waals surface area contributed by atoms with E-state index in [0.29, 0.717) is 28.8 Å². The summed E-state index contributed by atoms with van der Waals surface area (Å²) in [7, 11) is 1.68. The van der Waals surface area contributed by atoms with Crippen molar-refractivity contribution in [2.45, 2.75) is 13.0 Å². The van der Waals surface area contributed by atoms with Gasteiger partial charge in [0.25, 0.3) is 5.91 Å². The standard InChI is InChI=1S/C17H19ClN2O3S/c1-12(19-16(21)15-7-4-10-24-15)17(22)20(2)8-9-23-14-6-3-5-13(18)11-14/h3-7,10-12H,8-9H2,1-2H3,(H,19,21). The number of hydrogen-bond donors (Lipinski definition) is 1. The Labute approximate surface area is 150 Å². The van der Waals surface area contributed by atoms with Crippen molar-refractivity contribution in [1.82, 2.24) is 10.2 Å². The normalized spacial score (nSPS) is 11.6. The molecule has 0 aliphatic carbocycles. The summed E-state index contributed by atoms with van der Waals surface area (Å²) in [6.45, 7) is 2.42. The van der Waals surface area contributed by atoms with Crippen LogP contribution in [0.5, 0.6) is 5.75 Å². The topological polar surface area (TPSA) is 58.6 Å². The van der Waals surface area contributed by atoms with Gasteiger partial charge in [-0.1, -0.05) is 23.7 Å². The number of carbonyl (C=O) groups is 2. The molecule has 128 valence electrons. The fourth-order valence-electron chi connectivity index (χ4n) is 2.04. The molecule has 1 atom stereocenters. The number of benzene rings is 1. The van der Waals surface area contributed by atoms with E-state index < -0.39 is 6.04 Å². The smallest absolute Gasteiger partial charge is 0.261 e. The highest BCUT2D eigenvalue weighted by atomic mass is 35.5. The van der Waals surface area contributed by atoms with E-state index in [1.807, 2.05) is 5.38 Å². The number of ether oxygens (including phenoxy) is 1. The van der Waals surface area contributed by atoms with Gasteiger partial charge in [0, 0.05) is 12.1 Å². The summed E-state index contributed by atoms with van der Waals surface area (Å²) < 4.78 is 5.56. The molecule has 0 aliphatic rings. The first-order valence-corrected chi connectivity index (χ1v) is 8.71. The molecule has 0 spiro atoms. The first-order valence-electron chi connectivity index (χ1n) is 7.45. The third kappa shape index (κ3) is 5.25. The van der Waals surface area contributed by atoms with Crippen LogP contribution in [0.15, 0.2) is 41.8 Å². The van der Waals surface area contributed by atoms with Crippen LogP contribution in [0, 0.1) is 0 Å². The van der Waals surface area contributed by atoms with Crippen molar-refractivity contribution < 1.29 is 14.3 Å². The number of nitrogens with one attached hydrogen (secondary N) is 1. The van der Waals surface area contributed by atoms with Gasteiger partial charge < -0.3 is 15.0 Å². The van der Waals surface area contributed by atoms with E-state index in [1.54, 1.807) is 50.4 Å². The van der Waals surface area contributed by atoms with E-state index in [4.69, 9.17) is 16.3 Å². The Bertz CT molecular complexity index is 691. The molecule has 2 aromatic rings. The second-order valence-electron chi connectivity index (χ2n) is 5.24. The summed E-state index contributed by atoms with van der Waals surface area (Å²) in [4.78, 5) is 26.4. The largest absolute Gasteiger partial charge is 0.492 e. The Morgan fingerprint density at radius 3 is 2.79 bits per heavy atom. The molecule has 0 radical (unpaired) electrons. The number of rotatable bonds is 7. The van der Waals surface area contributed by atoms with Crippen LogP contribution >= 0.6 is 22.9 Å². The third-order valence-electron chi connectivity index (χ3n) is 3.33. The molecule has 0 fully saturated rings. The summed E-state index contributed by atoms with van der Waals surface area (Å²) in [6.07, 6.45) is 0. The SMILES string of the molecule is CC(NC(=O)c1cccs1)C(=O)N(C)CCOc1cccc(Cl)c1. The Balaban J connectivity index is 1.77. The molecule has 1 unspecified atom stereocenters. The second kappa shape index (κ2) is 8.70. The van der Waals surface area contributed by atoms with Gasteiger partial charge in [-0.25, -0.2) is 0 Å². The van der Waals surface area contributed by atoms with Gasteiger partial charge in [-0.05, 0) is 36.6 Å². The van der Waals surface area contributed by atoms with Crippen molar-refractivity contribution >= 4 is 34.8 Å². The Kier molecular flexibility index (Phi) is 6.63. The molecule has 5 nitrogen and oxygen atoms in total. The summed E-state index contributed by atoms with van der Waals surface area (Å²) in [5.41, 5.74) is 0. The van der Waals surface area contributed by atoms with Gasteiger partial charge in [-0.2, -0.15) is 0 Å². The summed E-state index contributed by atoms with van der Waals surface area (Å²) in [6, 6.07) is 10.0. The number of hydrogen-bond acceptors (Lipinski definition) is 4. The minimum Gasteiger partial charge on any atom is -0.492 e. The molecule has 7 heteroatoms. The number of thiophene rings is 1. The first kappa shape index (κ1) is 18.3. The van der Waals surface area contributed by atoms with Crippen LogP contribution in [0.25, 0.3) is 0 Å². The average Bonchev–Trinajstić information content (AvgIpc) is 3.08. The van der Waals surface area contributed by atoms with Crippen LogP contribution < -0.4 is 10.1 Å². The maximum atomic E-state index is 12.3. The zero-order valence-corrected chi connectivity index (χ0v) is 15.1. The Morgan fingerprint density at radius 2 is 2.12 bits per heavy atom. The number of halogens is 1. The minimum atomic E-state index is -0.601. The first-order chi connectivity index (χ1) is 11.5. The maximum absolute atomic E-state index is 12.3. The van der Waals surface area contributed by atoms with Crippen molar-refractivity contribution in [2.75, 3.05) is 20.2 Å². The van der Waals surface area contributed by atoms with E-state index >= 15 is 0 Å². The van der Waals surface area contributed by atoms with Crippen LogP contribution in [0.1, 0.15) is 16.6 Å².